The van der Waals surface area contributed by atoms with Crippen molar-refractivity contribution in [2.24, 2.45) is 5.41 Å². The molecule has 0 saturated heterocycles. The fourth-order valence-corrected chi connectivity index (χ4v) is 1.56. The van der Waals surface area contributed by atoms with Crippen LogP contribution in [0.2, 0.25) is 0 Å². The summed E-state index contributed by atoms with van der Waals surface area (Å²) in [6.45, 7) is 9.19. The highest BCUT2D eigenvalue weighted by molar-refractivity contribution is 4.79. The molecule has 0 aliphatic carbocycles. The molecule has 0 aromatic rings. The lowest BCUT2D eigenvalue weighted by molar-refractivity contribution is 0.357. The predicted molar refractivity (Wildman–Crippen MR) is 66.6 cm³/mol. The monoisotopic (exact) mass is 196 g/mol. The molecule has 0 rings (SSSR count). The van der Waals surface area contributed by atoms with Crippen molar-refractivity contribution in [3.05, 3.63) is 12.2 Å². The third kappa shape index (κ3) is 11.7. The van der Waals surface area contributed by atoms with Gasteiger partial charge in [-0.3, -0.25) is 0 Å². The zero-order valence-electron chi connectivity index (χ0n) is 10.6. The van der Waals surface area contributed by atoms with Crippen LogP contribution in [0.1, 0.15) is 72.6 Å². The van der Waals surface area contributed by atoms with Crippen LogP contribution >= 0.6 is 0 Å². The van der Waals surface area contributed by atoms with Crippen molar-refractivity contribution in [1.82, 2.24) is 0 Å². The summed E-state index contributed by atoms with van der Waals surface area (Å²) in [7, 11) is 0. The maximum absolute atomic E-state index is 2.33. The molecule has 0 bridgehead atoms. The quantitative estimate of drug-likeness (QED) is 0.381. The molecule has 0 N–H and O–H groups in total. The van der Waals surface area contributed by atoms with Gasteiger partial charge in [-0.2, -0.15) is 0 Å². The molecule has 0 aliphatic rings. The van der Waals surface area contributed by atoms with Gasteiger partial charge in [-0.15, -0.1) is 0 Å². The Morgan fingerprint density at radius 1 is 0.857 bits per heavy atom. The lowest BCUT2D eigenvalue weighted by Crippen LogP contribution is -2.03. The molecule has 0 nitrogen and oxygen atoms in total. The number of unbranched alkanes of at least 4 members (excludes halogenated alkanes) is 4. The number of allylic oxidation sites excluding steroid dienone is 2. The van der Waals surface area contributed by atoms with E-state index in [1.165, 1.54) is 44.9 Å². The van der Waals surface area contributed by atoms with Crippen LogP contribution in [-0.2, 0) is 0 Å². The second-order valence-corrected chi connectivity index (χ2v) is 5.39. The van der Waals surface area contributed by atoms with Crippen molar-refractivity contribution in [2.45, 2.75) is 72.6 Å². The Morgan fingerprint density at radius 3 is 2.07 bits per heavy atom. The molecule has 0 aromatic carbocycles. The lowest BCUT2D eigenvalue weighted by Gasteiger charge is -2.17. The summed E-state index contributed by atoms with van der Waals surface area (Å²) in [6.07, 6.45) is 14.0. The van der Waals surface area contributed by atoms with Crippen LogP contribution in [0.15, 0.2) is 12.2 Å². The van der Waals surface area contributed by atoms with Crippen LogP contribution in [-0.4, -0.2) is 0 Å². The molecule has 0 heterocycles. The first-order valence-electron chi connectivity index (χ1n) is 6.21. The van der Waals surface area contributed by atoms with Gasteiger partial charge in [0.05, 0.1) is 0 Å². The molecule has 0 saturated carbocycles. The van der Waals surface area contributed by atoms with E-state index in [2.05, 4.69) is 39.8 Å². The lowest BCUT2D eigenvalue weighted by atomic mass is 9.89. The third-order valence-corrected chi connectivity index (χ3v) is 2.45. The SMILES string of the molecule is CC/C=C\CCCCCCC(C)(C)C. The van der Waals surface area contributed by atoms with E-state index in [1.54, 1.807) is 0 Å². The highest BCUT2D eigenvalue weighted by Crippen LogP contribution is 2.22. The van der Waals surface area contributed by atoms with E-state index < -0.39 is 0 Å². The molecule has 0 aliphatic heterocycles. The van der Waals surface area contributed by atoms with E-state index >= 15 is 0 Å². The second kappa shape index (κ2) is 8.08. The normalized spacial score (nSPS) is 12.6. The Labute approximate surface area is 90.8 Å². The molecule has 0 spiro atoms. The van der Waals surface area contributed by atoms with Crippen molar-refractivity contribution in [3.8, 4) is 0 Å². The summed E-state index contributed by atoms with van der Waals surface area (Å²) >= 11 is 0. The molecule has 0 unspecified atom stereocenters. The highest BCUT2D eigenvalue weighted by atomic mass is 14.1. The molecule has 14 heavy (non-hydrogen) atoms. The molecule has 84 valence electrons. The smallest absolute Gasteiger partial charge is 0.0351 e. The van der Waals surface area contributed by atoms with E-state index in [0.29, 0.717) is 5.41 Å². The zero-order chi connectivity index (χ0) is 10.9. The van der Waals surface area contributed by atoms with Crippen LogP contribution < -0.4 is 0 Å². The van der Waals surface area contributed by atoms with Gasteiger partial charge in [-0.25, -0.2) is 0 Å². The summed E-state index contributed by atoms with van der Waals surface area (Å²) in [5, 5.41) is 0. The molecule has 0 heteroatoms. The first-order valence-corrected chi connectivity index (χ1v) is 6.21. The molecular weight excluding hydrogens is 168 g/mol. The van der Waals surface area contributed by atoms with Crippen molar-refractivity contribution in [2.75, 3.05) is 0 Å². The van der Waals surface area contributed by atoms with E-state index in [1.807, 2.05) is 0 Å². The van der Waals surface area contributed by atoms with Gasteiger partial charge in [0.1, 0.15) is 0 Å². The van der Waals surface area contributed by atoms with Gasteiger partial charge in [0.15, 0.2) is 0 Å². The molecule has 0 radical (unpaired) electrons. The van der Waals surface area contributed by atoms with Crippen molar-refractivity contribution >= 4 is 0 Å². The summed E-state index contributed by atoms with van der Waals surface area (Å²) < 4.78 is 0. The van der Waals surface area contributed by atoms with Crippen molar-refractivity contribution in [1.29, 1.82) is 0 Å². The number of rotatable bonds is 7. The van der Waals surface area contributed by atoms with Crippen LogP contribution in [0.4, 0.5) is 0 Å². The van der Waals surface area contributed by atoms with Gasteiger partial charge in [-0.05, 0) is 31.1 Å². The number of hydrogen-bond acceptors (Lipinski definition) is 0. The maximum Gasteiger partial charge on any atom is -0.0351 e. The van der Waals surface area contributed by atoms with Crippen LogP contribution in [0.3, 0.4) is 0 Å². The first-order chi connectivity index (χ1) is 6.56. The van der Waals surface area contributed by atoms with E-state index in [-0.39, 0.29) is 0 Å². The van der Waals surface area contributed by atoms with Gasteiger partial charge in [0, 0.05) is 0 Å². The fourth-order valence-electron chi connectivity index (χ4n) is 1.56. The largest absolute Gasteiger partial charge is 0.0888 e. The van der Waals surface area contributed by atoms with Gasteiger partial charge in [0.2, 0.25) is 0 Å². The molecule has 0 amide bonds. The minimum absolute atomic E-state index is 0.530. The molecule has 0 aromatic heterocycles. The Kier molecular flexibility index (Phi) is 7.93. The van der Waals surface area contributed by atoms with Crippen molar-refractivity contribution in [3.63, 3.8) is 0 Å². The fraction of sp³-hybridized carbons (Fsp3) is 0.857. The maximum atomic E-state index is 2.33. The Hall–Kier alpha value is -0.260. The van der Waals surface area contributed by atoms with Gasteiger partial charge >= 0.3 is 0 Å². The van der Waals surface area contributed by atoms with E-state index in [4.69, 9.17) is 0 Å². The van der Waals surface area contributed by atoms with Crippen LogP contribution in [0.5, 0.6) is 0 Å². The molecule has 0 fully saturated rings. The second-order valence-electron chi connectivity index (χ2n) is 5.39. The third-order valence-electron chi connectivity index (χ3n) is 2.45. The summed E-state index contributed by atoms with van der Waals surface area (Å²) in [5.74, 6) is 0. The van der Waals surface area contributed by atoms with E-state index in [0.717, 1.165) is 0 Å². The van der Waals surface area contributed by atoms with Crippen molar-refractivity contribution < 1.29 is 0 Å². The standard InChI is InChI=1S/C14H28/c1-5-6-7-8-9-10-11-12-13-14(2,3)4/h6-7H,5,8-13H2,1-4H3/b7-6-. The summed E-state index contributed by atoms with van der Waals surface area (Å²) in [6, 6.07) is 0. The summed E-state index contributed by atoms with van der Waals surface area (Å²) in [5.41, 5.74) is 0.530. The van der Waals surface area contributed by atoms with Gasteiger partial charge < -0.3 is 0 Å². The van der Waals surface area contributed by atoms with E-state index in [9.17, 15) is 0 Å². The average molecular weight is 196 g/mol. The van der Waals surface area contributed by atoms with Gasteiger partial charge in [-0.1, -0.05) is 59.1 Å². The Bertz CT molecular complexity index is 137. The predicted octanol–water partition coefficient (Wildman–Crippen LogP) is 5.34. The highest BCUT2D eigenvalue weighted by Gasteiger charge is 2.08. The molecule has 0 atom stereocenters. The molecular formula is C14H28. The van der Waals surface area contributed by atoms with Crippen LogP contribution in [0.25, 0.3) is 0 Å². The topological polar surface area (TPSA) is 0 Å². The van der Waals surface area contributed by atoms with Gasteiger partial charge in [0.25, 0.3) is 0 Å². The minimum Gasteiger partial charge on any atom is -0.0888 e. The summed E-state index contributed by atoms with van der Waals surface area (Å²) in [4.78, 5) is 0. The minimum atomic E-state index is 0.530. The Balaban J connectivity index is 3.11. The zero-order valence-corrected chi connectivity index (χ0v) is 10.6. The first kappa shape index (κ1) is 13.7. The average Bonchev–Trinajstić information content (AvgIpc) is 2.08. The number of hydrogen-bond donors (Lipinski definition) is 0. The Morgan fingerprint density at radius 2 is 1.50 bits per heavy atom. The van der Waals surface area contributed by atoms with Crippen LogP contribution in [0, 0.1) is 5.41 Å².